The first-order valence-electron chi connectivity index (χ1n) is 6.55. The Morgan fingerprint density at radius 2 is 2.21 bits per heavy atom. The molecular weight excluding hydrogens is 240 g/mol. The van der Waals surface area contributed by atoms with E-state index < -0.39 is 0 Å². The van der Waals surface area contributed by atoms with Crippen LogP contribution in [0.2, 0.25) is 0 Å². The molecule has 1 heterocycles. The summed E-state index contributed by atoms with van der Waals surface area (Å²) in [6.45, 7) is 6.68. The van der Waals surface area contributed by atoms with Gasteiger partial charge in [-0.05, 0) is 25.1 Å². The van der Waals surface area contributed by atoms with Gasteiger partial charge in [0.15, 0.2) is 0 Å². The van der Waals surface area contributed by atoms with E-state index in [9.17, 15) is 0 Å². The van der Waals surface area contributed by atoms with E-state index in [0.717, 1.165) is 38.5 Å². The monoisotopic (exact) mass is 260 g/mol. The minimum absolute atomic E-state index is 0.299. The van der Waals surface area contributed by atoms with Gasteiger partial charge >= 0.3 is 0 Å². The van der Waals surface area contributed by atoms with Gasteiger partial charge in [-0.3, -0.25) is 4.90 Å². The number of nitrogens with zero attached hydrogens (tertiary/aromatic N) is 2. The van der Waals surface area contributed by atoms with Crippen LogP contribution < -0.4 is 11.1 Å². The molecule has 1 aromatic carbocycles. The minimum Gasteiger partial charge on any atom is -0.397 e. The molecule has 1 unspecified atom stereocenters. The lowest BCUT2D eigenvalue weighted by atomic mass is 10.1. The Morgan fingerprint density at radius 3 is 2.84 bits per heavy atom. The summed E-state index contributed by atoms with van der Waals surface area (Å²) in [5.41, 5.74) is 8.03. The summed E-state index contributed by atoms with van der Waals surface area (Å²) in [6.07, 6.45) is 0. The maximum Gasteiger partial charge on any atom is 0.0992 e. The molecule has 5 nitrogen and oxygen atoms in total. The number of anilines is 2. The highest BCUT2D eigenvalue weighted by molar-refractivity contribution is 5.68. The number of benzene rings is 1. The van der Waals surface area contributed by atoms with Crippen molar-refractivity contribution in [3.63, 3.8) is 0 Å². The van der Waals surface area contributed by atoms with E-state index in [0.29, 0.717) is 17.3 Å². The lowest BCUT2D eigenvalue weighted by Crippen LogP contribution is -2.42. The summed E-state index contributed by atoms with van der Waals surface area (Å²) in [5.74, 6) is 0. The van der Waals surface area contributed by atoms with Crippen molar-refractivity contribution in [1.29, 1.82) is 5.26 Å². The van der Waals surface area contributed by atoms with Crippen molar-refractivity contribution in [2.75, 3.05) is 43.9 Å². The highest BCUT2D eigenvalue weighted by atomic mass is 16.5. The Labute approximate surface area is 114 Å². The molecule has 1 aliphatic rings. The highest BCUT2D eigenvalue weighted by Gasteiger charge is 2.14. The lowest BCUT2D eigenvalue weighted by molar-refractivity contribution is 0.0368. The van der Waals surface area contributed by atoms with E-state index in [1.807, 2.05) is 6.07 Å². The number of ether oxygens (including phenoxy) is 1. The number of morpholine rings is 1. The molecule has 2 rings (SSSR count). The number of rotatable bonds is 4. The number of hydrogen-bond donors (Lipinski definition) is 2. The van der Waals surface area contributed by atoms with E-state index in [4.69, 9.17) is 15.7 Å². The van der Waals surface area contributed by atoms with Crippen molar-refractivity contribution in [1.82, 2.24) is 4.90 Å². The average molecular weight is 260 g/mol. The highest BCUT2D eigenvalue weighted by Crippen LogP contribution is 2.20. The second-order valence-electron chi connectivity index (χ2n) is 4.87. The number of nitrogens with one attached hydrogen (secondary N) is 1. The fraction of sp³-hybridized carbons (Fsp3) is 0.500. The van der Waals surface area contributed by atoms with E-state index in [1.54, 1.807) is 12.1 Å². The van der Waals surface area contributed by atoms with Crippen LogP contribution in [0.3, 0.4) is 0 Å². The molecule has 0 amide bonds. The molecule has 0 spiro atoms. The molecule has 0 aromatic heterocycles. The van der Waals surface area contributed by atoms with Gasteiger partial charge in [-0.1, -0.05) is 0 Å². The quantitative estimate of drug-likeness (QED) is 0.798. The third-order valence-electron chi connectivity index (χ3n) is 3.22. The predicted molar refractivity (Wildman–Crippen MR) is 75.9 cm³/mol. The summed E-state index contributed by atoms with van der Waals surface area (Å²) in [4.78, 5) is 2.38. The molecule has 1 atom stereocenters. The van der Waals surface area contributed by atoms with Crippen molar-refractivity contribution in [2.45, 2.75) is 13.0 Å². The first-order valence-corrected chi connectivity index (χ1v) is 6.55. The van der Waals surface area contributed by atoms with E-state index in [-0.39, 0.29) is 0 Å². The molecule has 0 saturated carbocycles. The van der Waals surface area contributed by atoms with Gasteiger partial charge in [0.2, 0.25) is 0 Å². The SMILES string of the molecule is CC(CN1CCOCC1)Nc1ccc(C#N)cc1N. The Balaban J connectivity index is 1.91. The second-order valence-corrected chi connectivity index (χ2v) is 4.87. The van der Waals surface area contributed by atoms with Gasteiger partial charge in [-0.15, -0.1) is 0 Å². The third kappa shape index (κ3) is 3.85. The van der Waals surface area contributed by atoms with Gasteiger partial charge in [0.05, 0.1) is 36.2 Å². The fourth-order valence-electron chi connectivity index (χ4n) is 2.25. The molecular formula is C14H20N4O. The Kier molecular flexibility index (Phi) is 4.61. The minimum atomic E-state index is 0.299. The number of nitrogens with two attached hydrogens (primary N) is 1. The van der Waals surface area contributed by atoms with Crippen molar-refractivity contribution < 1.29 is 4.74 Å². The number of hydrogen-bond acceptors (Lipinski definition) is 5. The van der Waals surface area contributed by atoms with Crippen molar-refractivity contribution in [2.24, 2.45) is 0 Å². The van der Waals surface area contributed by atoms with Crippen LogP contribution in [0.5, 0.6) is 0 Å². The second kappa shape index (κ2) is 6.41. The molecule has 3 N–H and O–H groups in total. The van der Waals surface area contributed by atoms with Crippen molar-refractivity contribution in [3.05, 3.63) is 23.8 Å². The van der Waals surface area contributed by atoms with E-state index in [2.05, 4.69) is 23.2 Å². The van der Waals surface area contributed by atoms with Gasteiger partial charge in [0.1, 0.15) is 0 Å². The van der Waals surface area contributed by atoms with Crippen LogP contribution in [0.4, 0.5) is 11.4 Å². The summed E-state index contributed by atoms with van der Waals surface area (Å²) < 4.78 is 5.33. The Bertz CT molecular complexity index is 463. The molecule has 1 aromatic rings. The molecule has 1 saturated heterocycles. The summed E-state index contributed by atoms with van der Waals surface area (Å²) in [6, 6.07) is 7.72. The predicted octanol–water partition coefficient (Wildman–Crippen LogP) is 1.27. The van der Waals surface area contributed by atoms with E-state index in [1.165, 1.54) is 0 Å². The van der Waals surface area contributed by atoms with Gasteiger partial charge in [0, 0.05) is 25.7 Å². The molecule has 0 radical (unpaired) electrons. The zero-order chi connectivity index (χ0) is 13.7. The van der Waals surface area contributed by atoms with Crippen LogP contribution >= 0.6 is 0 Å². The number of nitriles is 1. The maximum absolute atomic E-state index is 8.81. The smallest absolute Gasteiger partial charge is 0.0992 e. The zero-order valence-corrected chi connectivity index (χ0v) is 11.2. The van der Waals surface area contributed by atoms with Crippen LogP contribution in [-0.2, 0) is 4.74 Å². The van der Waals surface area contributed by atoms with Crippen LogP contribution in [0, 0.1) is 11.3 Å². The van der Waals surface area contributed by atoms with Gasteiger partial charge in [-0.2, -0.15) is 5.26 Å². The maximum atomic E-state index is 8.81. The molecule has 1 fully saturated rings. The molecule has 102 valence electrons. The molecule has 19 heavy (non-hydrogen) atoms. The fourth-order valence-corrected chi connectivity index (χ4v) is 2.25. The van der Waals surface area contributed by atoms with Crippen LogP contribution in [0.15, 0.2) is 18.2 Å². The van der Waals surface area contributed by atoms with Crippen LogP contribution in [-0.4, -0.2) is 43.8 Å². The van der Waals surface area contributed by atoms with Crippen molar-refractivity contribution in [3.8, 4) is 6.07 Å². The first-order chi connectivity index (χ1) is 9.19. The summed E-state index contributed by atoms with van der Waals surface area (Å²) in [7, 11) is 0. The normalized spacial score (nSPS) is 17.7. The average Bonchev–Trinajstić information content (AvgIpc) is 2.42. The lowest BCUT2D eigenvalue weighted by Gasteiger charge is -2.30. The van der Waals surface area contributed by atoms with Crippen LogP contribution in [0.25, 0.3) is 0 Å². The van der Waals surface area contributed by atoms with Gasteiger partial charge in [0.25, 0.3) is 0 Å². The van der Waals surface area contributed by atoms with E-state index >= 15 is 0 Å². The van der Waals surface area contributed by atoms with Gasteiger partial charge in [-0.25, -0.2) is 0 Å². The third-order valence-corrected chi connectivity index (χ3v) is 3.22. The standard InChI is InChI=1S/C14H20N4O/c1-11(10-18-4-6-19-7-5-18)17-14-3-2-12(9-15)8-13(14)16/h2-3,8,11,17H,4-7,10,16H2,1H3. The Hall–Kier alpha value is -1.77. The zero-order valence-electron chi connectivity index (χ0n) is 11.2. The molecule has 0 aliphatic carbocycles. The molecule has 0 bridgehead atoms. The Morgan fingerprint density at radius 1 is 1.47 bits per heavy atom. The topological polar surface area (TPSA) is 74.3 Å². The molecule has 1 aliphatic heterocycles. The number of nitrogen functional groups attached to an aromatic ring is 1. The van der Waals surface area contributed by atoms with Crippen molar-refractivity contribution >= 4 is 11.4 Å². The van der Waals surface area contributed by atoms with Crippen LogP contribution in [0.1, 0.15) is 12.5 Å². The first kappa shape index (κ1) is 13.7. The van der Waals surface area contributed by atoms with Gasteiger partial charge < -0.3 is 15.8 Å². The summed E-state index contributed by atoms with van der Waals surface area (Å²) >= 11 is 0. The largest absolute Gasteiger partial charge is 0.397 e. The molecule has 5 heteroatoms. The summed E-state index contributed by atoms with van der Waals surface area (Å²) in [5, 5.41) is 12.2.